The van der Waals surface area contributed by atoms with E-state index in [1.54, 1.807) is 0 Å². The maximum absolute atomic E-state index is 2.33. The second kappa shape index (κ2) is 6.23. The van der Waals surface area contributed by atoms with E-state index in [2.05, 4.69) is 71.8 Å². The fraction of sp³-hybridized carbons (Fsp3) is 0.222. The minimum atomic E-state index is 1.06. The summed E-state index contributed by atoms with van der Waals surface area (Å²) < 4.78 is 7.41. The number of nitrogens with zero attached hydrogens (tertiary/aromatic N) is 2. The van der Waals surface area contributed by atoms with Crippen LogP contribution in [0.1, 0.15) is 10.0 Å². The molecule has 2 nitrogen and oxygen atoms in total. The van der Waals surface area contributed by atoms with Crippen LogP contribution >= 0.6 is 34.4 Å². The molecular weight excluding hydrogens is 340 g/mol. The molecule has 0 N–H and O–H groups in total. The lowest BCUT2D eigenvalue weighted by Crippen LogP contribution is -2.31. The molecule has 0 spiro atoms. The summed E-state index contributed by atoms with van der Waals surface area (Å²) in [4.78, 5) is 0. The van der Waals surface area contributed by atoms with Crippen LogP contribution in [0, 0.1) is 0 Å². The van der Waals surface area contributed by atoms with Gasteiger partial charge in [0.1, 0.15) is 23.5 Å². The van der Waals surface area contributed by atoms with Crippen molar-refractivity contribution in [3.63, 3.8) is 0 Å². The monoisotopic (exact) mass is 358 g/mol. The minimum Gasteiger partial charge on any atom is -0.188 e. The average Bonchev–Trinajstić information content (AvgIpc) is 3.07. The Hall–Kier alpha value is -1.43. The van der Waals surface area contributed by atoms with Crippen LogP contribution in [-0.2, 0) is 25.6 Å². The summed E-state index contributed by atoms with van der Waals surface area (Å²) in [6.07, 6.45) is 0. The molecule has 0 radical (unpaired) electrons. The van der Waals surface area contributed by atoms with Crippen LogP contribution in [0.15, 0.2) is 48.5 Å². The molecule has 0 amide bonds. The Balaban J connectivity index is 1.52. The van der Waals surface area contributed by atoms with Gasteiger partial charge < -0.3 is 0 Å². The quantitative estimate of drug-likeness (QED) is 0.496. The molecule has 5 heteroatoms. The van der Waals surface area contributed by atoms with Gasteiger partial charge in [0.05, 0.1) is 11.5 Å². The van der Waals surface area contributed by atoms with E-state index in [0.29, 0.717) is 0 Å². The first-order valence-electron chi connectivity index (χ1n) is 7.54. The zero-order chi connectivity index (χ0) is 15.8. The Morgan fingerprint density at radius 1 is 0.739 bits per heavy atom. The molecule has 23 heavy (non-hydrogen) atoms. The number of hydrogen-bond acceptors (Lipinski definition) is 3. The summed E-state index contributed by atoms with van der Waals surface area (Å²) in [5, 5.41) is 2.86. The standard InChI is InChI=1S/C18H18N2S3/c1-19-13-7-3-5-9-15(13)22-17(19)11-21-12-18-20(2)14-8-4-6-10-16(14)23-18/h3-10H,11-12H2,1-2H3/q+2. The number of rotatable bonds is 4. The lowest BCUT2D eigenvalue weighted by Gasteiger charge is -1.94. The van der Waals surface area contributed by atoms with E-state index in [-0.39, 0.29) is 0 Å². The molecule has 4 aromatic rings. The molecule has 2 aromatic carbocycles. The van der Waals surface area contributed by atoms with Gasteiger partial charge in [0.2, 0.25) is 21.0 Å². The molecule has 116 valence electrons. The molecule has 2 aromatic heterocycles. The highest BCUT2D eigenvalue weighted by atomic mass is 32.2. The third kappa shape index (κ3) is 2.77. The number of benzene rings is 2. The Morgan fingerprint density at radius 2 is 1.17 bits per heavy atom. The fourth-order valence-corrected chi connectivity index (χ4v) is 6.48. The van der Waals surface area contributed by atoms with E-state index in [4.69, 9.17) is 0 Å². The first-order valence-corrected chi connectivity index (χ1v) is 10.3. The number of aryl methyl sites for hydroxylation is 2. The van der Waals surface area contributed by atoms with Crippen LogP contribution in [0.5, 0.6) is 0 Å². The maximum atomic E-state index is 2.33. The minimum absolute atomic E-state index is 1.06. The van der Waals surface area contributed by atoms with Crippen molar-refractivity contribution in [3.8, 4) is 0 Å². The van der Waals surface area contributed by atoms with Gasteiger partial charge in [-0.05, 0) is 12.1 Å². The van der Waals surface area contributed by atoms with Crippen LogP contribution in [0.4, 0.5) is 0 Å². The fourth-order valence-electron chi connectivity index (χ4n) is 2.78. The van der Waals surface area contributed by atoms with Gasteiger partial charge in [-0.2, -0.15) is 9.13 Å². The highest BCUT2D eigenvalue weighted by Gasteiger charge is 2.19. The van der Waals surface area contributed by atoms with Gasteiger partial charge in [0, 0.05) is 12.1 Å². The highest BCUT2D eigenvalue weighted by molar-refractivity contribution is 7.97. The van der Waals surface area contributed by atoms with Gasteiger partial charge in [0.15, 0.2) is 0 Å². The topological polar surface area (TPSA) is 7.76 Å². The molecular formula is C18H18N2S3+2. The van der Waals surface area contributed by atoms with Crippen molar-refractivity contribution >= 4 is 54.9 Å². The number of hydrogen-bond donors (Lipinski definition) is 0. The molecule has 2 heterocycles. The summed E-state index contributed by atoms with van der Waals surface area (Å²) in [5.41, 5.74) is 2.67. The van der Waals surface area contributed by atoms with Crippen molar-refractivity contribution in [2.45, 2.75) is 11.5 Å². The van der Waals surface area contributed by atoms with E-state index in [0.717, 1.165) is 11.5 Å². The zero-order valence-corrected chi connectivity index (χ0v) is 15.6. The Labute approximate surface area is 148 Å². The first-order chi connectivity index (χ1) is 11.2. The van der Waals surface area contributed by atoms with E-state index in [1.165, 1.54) is 30.4 Å². The van der Waals surface area contributed by atoms with Crippen LogP contribution in [0.25, 0.3) is 20.4 Å². The van der Waals surface area contributed by atoms with Gasteiger partial charge in [-0.25, -0.2) is 0 Å². The third-order valence-corrected chi connectivity index (χ3v) is 7.87. The van der Waals surface area contributed by atoms with E-state index in [1.807, 2.05) is 34.4 Å². The zero-order valence-electron chi connectivity index (χ0n) is 13.2. The third-order valence-electron chi connectivity index (χ3n) is 4.11. The van der Waals surface area contributed by atoms with E-state index < -0.39 is 0 Å². The summed E-state index contributed by atoms with van der Waals surface area (Å²) in [6, 6.07) is 17.3. The number of fused-ring (bicyclic) bond motifs is 2. The van der Waals surface area contributed by atoms with Crippen molar-refractivity contribution in [3.05, 3.63) is 58.5 Å². The van der Waals surface area contributed by atoms with Crippen LogP contribution in [0.3, 0.4) is 0 Å². The maximum Gasteiger partial charge on any atom is 0.248 e. The van der Waals surface area contributed by atoms with Crippen LogP contribution < -0.4 is 9.13 Å². The van der Waals surface area contributed by atoms with Crippen molar-refractivity contribution in [1.29, 1.82) is 0 Å². The Kier molecular flexibility index (Phi) is 4.09. The molecule has 0 saturated heterocycles. The number of aromatic nitrogens is 2. The average molecular weight is 359 g/mol. The summed E-state index contributed by atoms with van der Waals surface area (Å²) in [5.74, 6) is 2.12. The lowest BCUT2D eigenvalue weighted by atomic mass is 10.3. The number of para-hydroxylation sites is 2. The predicted molar refractivity (Wildman–Crippen MR) is 101 cm³/mol. The second-order valence-electron chi connectivity index (χ2n) is 5.54. The molecule has 0 saturated carbocycles. The van der Waals surface area contributed by atoms with Crippen LogP contribution in [-0.4, -0.2) is 0 Å². The van der Waals surface area contributed by atoms with Crippen molar-refractivity contribution < 1.29 is 9.13 Å². The van der Waals surface area contributed by atoms with Gasteiger partial charge in [-0.3, -0.25) is 0 Å². The Morgan fingerprint density at radius 3 is 1.61 bits per heavy atom. The first kappa shape index (κ1) is 15.1. The number of thioether (sulfide) groups is 1. The van der Waals surface area contributed by atoms with Gasteiger partial charge in [-0.15, -0.1) is 11.8 Å². The molecule has 0 aliphatic carbocycles. The molecule has 0 aliphatic heterocycles. The van der Waals surface area contributed by atoms with Crippen molar-refractivity contribution in [2.24, 2.45) is 14.1 Å². The van der Waals surface area contributed by atoms with Gasteiger partial charge in [0.25, 0.3) is 0 Å². The summed E-state index contributed by atoms with van der Waals surface area (Å²) >= 11 is 5.81. The van der Waals surface area contributed by atoms with E-state index >= 15 is 0 Å². The lowest BCUT2D eigenvalue weighted by molar-refractivity contribution is -0.647. The van der Waals surface area contributed by atoms with Crippen molar-refractivity contribution in [1.82, 2.24) is 0 Å². The second-order valence-corrected chi connectivity index (χ2v) is 8.75. The molecule has 0 atom stereocenters. The normalized spacial score (nSPS) is 11.6. The SMILES string of the molecule is C[n+]1c(CSCc2sc3ccccc3[n+]2C)sc2ccccc21. The summed E-state index contributed by atoms with van der Waals surface area (Å²) in [6.45, 7) is 0. The van der Waals surface area contributed by atoms with Crippen LogP contribution in [0.2, 0.25) is 0 Å². The smallest absolute Gasteiger partial charge is 0.188 e. The number of thiazole rings is 2. The highest BCUT2D eigenvalue weighted by Crippen LogP contribution is 2.27. The predicted octanol–water partition coefficient (Wildman–Crippen LogP) is 4.20. The molecule has 0 bridgehead atoms. The summed E-state index contributed by atoms with van der Waals surface area (Å²) in [7, 11) is 4.35. The van der Waals surface area contributed by atoms with E-state index in [9.17, 15) is 0 Å². The molecule has 0 aliphatic rings. The largest absolute Gasteiger partial charge is 0.248 e. The Bertz CT molecular complexity index is 904. The molecule has 0 fully saturated rings. The van der Waals surface area contributed by atoms with Gasteiger partial charge in [-0.1, -0.05) is 46.9 Å². The van der Waals surface area contributed by atoms with Gasteiger partial charge >= 0.3 is 0 Å². The van der Waals surface area contributed by atoms with Crippen molar-refractivity contribution in [2.75, 3.05) is 0 Å². The molecule has 0 unspecified atom stereocenters. The molecule has 4 rings (SSSR count).